The Kier molecular flexibility index (Phi) is 2.60. The number of aromatic nitrogens is 3. The summed E-state index contributed by atoms with van der Waals surface area (Å²) in [6, 6.07) is 14.5. The maximum Gasteiger partial charge on any atom is 0.119 e. The second-order valence-electron chi connectivity index (χ2n) is 4.95. The Balaban J connectivity index is 1.85. The average Bonchev–Trinajstić information content (AvgIpc) is 3.01. The lowest BCUT2D eigenvalue weighted by molar-refractivity contribution is 0.415. The fourth-order valence-corrected chi connectivity index (χ4v) is 2.52. The first kappa shape index (κ1) is 11.9. The van der Waals surface area contributed by atoms with Gasteiger partial charge in [-0.25, -0.2) is 0 Å². The lowest BCUT2D eigenvalue weighted by Crippen LogP contribution is -1.84. The molecule has 0 amide bonds. The van der Waals surface area contributed by atoms with E-state index in [1.165, 1.54) is 5.39 Å². The first-order valence-electron chi connectivity index (χ1n) is 6.71. The summed E-state index contributed by atoms with van der Waals surface area (Å²) in [4.78, 5) is 4.41. The number of hydrogen-bond acceptors (Lipinski definition) is 3. The molecule has 2 aromatic carbocycles. The molecule has 0 bridgehead atoms. The van der Waals surface area contributed by atoms with Crippen molar-refractivity contribution in [2.75, 3.05) is 7.11 Å². The highest BCUT2D eigenvalue weighted by atomic mass is 16.5. The second-order valence-corrected chi connectivity index (χ2v) is 4.95. The molecule has 2 heterocycles. The van der Waals surface area contributed by atoms with Crippen molar-refractivity contribution in [2.24, 2.45) is 0 Å². The SMILES string of the molecule is COc1ccc2cc(-c3cnc4cn[nH]c4c3)ccc2c1. The van der Waals surface area contributed by atoms with Gasteiger partial charge in [0.25, 0.3) is 0 Å². The lowest BCUT2D eigenvalue weighted by Gasteiger charge is -2.06. The predicted octanol–water partition coefficient (Wildman–Crippen LogP) is 3.79. The van der Waals surface area contributed by atoms with Crippen LogP contribution in [0.5, 0.6) is 5.75 Å². The molecule has 0 aliphatic carbocycles. The standard InChI is InChI=1S/C17H13N3O/c1-21-15-5-4-11-6-12(2-3-13(11)7-15)14-8-16-17(18-9-14)10-19-20-16/h2-10H,1H3,(H,19,20). The predicted molar refractivity (Wildman–Crippen MR) is 83.4 cm³/mol. The van der Waals surface area contributed by atoms with E-state index in [2.05, 4.69) is 45.5 Å². The number of ether oxygens (including phenoxy) is 1. The molecule has 2 aromatic heterocycles. The number of aromatic amines is 1. The summed E-state index contributed by atoms with van der Waals surface area (Å²) < 4.78 is 5.26. The zero-order valence-electron chi connectivity index (χ0n) is 11.5. The molecule has 0 saturated carbocycles. The van der Waals surface area contributed by atoms with Crippen LogP contribution < -0.4 is 4.74 Å². The van der Waals surface area contributed by atoms with Crippen molar-refractivity contribution in [3.63, 3.8) is 0 Å². The van der Waals surface area contributed by atoms with Crippen LogP contribution in [-0.2, 0) is 0 Å². The summed E-state index contributed by atoms with van der Waals surface area (Å²) in [5, 5.41) is 9.30. The van der Waals surface area contributed by atoms with Gasteiger partial charge in [0.1, 0.15) is 11.3 Å². The molecule has 1 N–H and O–H groups in total. The minimum absolute atomic E-state index is 0.871. The van der Waals surface area contributed by atoms with Crippen molar-refractivity contribution in [3.8, 4) is 16.9 Å². The van der Waals surface area contributed by atoms with Gasteiger partial charge in [-0.3, -0.25) is 10.1 Å². The summed E-state index contributed by atoms with van der Waals surface area (Å²) in [6.07, 6.45) is 3.61. The van der Waals surface area contributed by atoms with Gasteiger partial charge in [-0.15, -0.1) is 0 Å². The van der Waals surface area contributed by atoms with Crippen molar-refractivity contribution in [2.45, 2.75) is 0 Å². The maximum atomic E-state index is 5.26. The molecule has 0 saturated heterocycles. The molecule has 4 heteroatoms. The van der Waals surface area contributed by atoms with Gasteiger partial charge in [0.2, 0.25) is 0 Å². The third kappa shape index (κ3) is 2.01. The van der Waals surface area contributed by atoms with E-state index in [0.29, 0.717) is 0 Å². The van der Waals surface area contributed by atoms with E-state index in [-0.39, 0.29) is 0 Å². The molecule has 0 unspecified atom stereocenters. The minimum atomic E-state index is 0.871. The van der Waals surface area contributed by atoms with Crippen molar-refractivity contribution in [3.05, 3.63) is 54.9 Å². The van der Waals surface area contributed by atoms with Gasteiger partial charge in [0, 0.05) is 11.8 Å². The van der Waals surface area contributed by atoms with Crippen LogP contribution in [0.1, 0.15) is 0 Å². The third-order valence-electron chi connectivity index (χ3n) is 3.67. The number of benzene rings is 2. The van der Waals surface area contributed by atoms with Crippen LogP contribution in [0.4, 0.5) is 0 Å². The molecular formula is C17H13N3O. The highest BCUT2D eigenvalue weighted by molar-refractivity contribution is 5.89. The molecule has 0 aliphatic heterocycles. The van der Waals surface area contributed by atoms with Crippen molar-refractivity contribution < 1.29 is 4.74 Å². The molecule has 0 atom stereocenters. The number of methoxy groups -OCH3 is 1. The minimum Gasteiger partial charge on any atom is -0.497 e. The van der Waals surface area contributed by atoms with Crippen LogP contribution in [0.25, 0.3) is 32.9 Å². The zero-order chi connectivity index (χ0) is 14.2. The van der Waals surface area contributed by atoms with Crippen molar-refractivity contribution in [1.29, 1.82) is 0 Å². The van der Waals surface area contributed by atoms with E-state index in [0.717, 1.165) is 33.3 Å². The van der Waals surface area contributed by atoms with E-state index >= 15 is 0 Å². The summed E-state index contributed by atoms with van der Waals surface area (Å²) >= 11 is 0. The molecule has 0 fully saturated rings. The van der Waals surface area contributed by atoms with Crippen LogP contribution in [0.3, 0.4) is 0 Å². The fraction of sp³-hybridized carbons (Fsp3) is 0.0588. The van der Waals surface area contributed by atoms with Gasteiger partial charge in [0.15, 0.2) is 0 Å². The quantitative estimate of drug-likeness (QED) is 0.605. The Labute approximate surface area is 121 Å². The van der Waals surface area contributed by atoms with E-state index in [4.69, 9.17) is 4.74 Å². The molecule has 102 valence electrons. The summed E-state index contributed by atoms with van der Waals surface area (Å²) in [6.45, 7) is 0. The molecule has 0 aliphatic rings. The highest BCUT2D eigenvalue weighted by Crippen LogP contribution is 2.27. The first-order chi connectivity index (χ1) is 10.3. The van der Waals surface area contributed by atoms with Crippen molar-refractivity contribution in [1.82, 2.24) is 15.2 Å². The number of nitrogens with one attached hydrogen (secondary N) is 1. The largest absolute Gasteiger partial charge is 0.497 e. The Bertz CT molecular complexity index is 943. The third-order valence-corrected chi connectivity index (χ3v) is 3.67. The van der Waals surface area contributed by atoms with Gasteiger partial charge in [-0.05, 0) is 40.6 Å². The Hall–Kier alpha value is -2.88. The van der Waals surface area contributed by atoms with E-state index < -0.39 is 0 Å². The van der Waals surface area contributed by atoms with Crippen LogP contribution in [0.15, 0.2) is 54.9 Å². The number of nitrogens with zero attached hydrogens (tertiary/aromatic N) is 2. The topological polar surface area (TPSA) is 50.8 Å². The number of H-pyrrole nitrogens is 1. The van der Waals surface area contributed by atoms with Crippen LogP contribution in [-0.4, -0.2) is 22.3 Å². The van der Waals surface area contributed by atoms with Crippen LogP contribution in [0, 0.1) is 0 Å². The maximum absolute atomic E-state index is 5.26. The summed E-state index contributed by atoms with van der Waals surface area (Å²) in [5.74, 6) is 0.871. The number of pyridine rings is 1. The first-order valence-corrected chi connectivity index (χ1v) is 6.71. The van der Waals surface area contributed by atoms with Crippen LogP contribution in [0.2, 0.25) is 0 Å². The Morgan fingerprint density at radius 2 is 1.76 bits per heavy atom. The van der Waals surface area contributed by atoms with Gasteiger partial charge in [0.05, 0.1) is 18.8 Å². The molecular weight excluding hydrogens is 262 g/mol. The van der Waals surface area contributed by atoms with E-state index in [1.54, 1.807) is 13.3 Å². The number of hydrogen-bond donors (Lipinski definition) is 1. The lowest BCUT2D eigenvalue weighted by atomic mass is 10.0. The molecule has 0 radical (unpaired) electrons. The fourth-order valence-electron chi connectivity index (χ4n) is 2.52. The highest BCUT2D eigenvalue weighted by Gasteiger charge is 2.04. The smallest absolute Gasteiger partial charge is 0.119 e. The molecule has 21 heavy (non-hydrogen) atoms. The molecule has 4 rings (SSSR count). The van der Waals surface area contributed by atoms with Gasteiger partial charge in [-0.2, -0.15) is 5.10 Å². The van der Waals surface area contributed by atoms with Gasteiger partial charge < -0.3 is 4.74 Å². The molecule has 4 aromatic rings. The number of rotatable bonds is 2. The van der Waals surface area contributed by atoms with Gasteiger partial charge >= 0.3 is 0 Å². The normalized spacial score (nSPS) is 11.1. The van der Waals surface area contributed by atoms with Crippen molar-refractivity contribution >= 4 is 21.8 Å². The Morgan fingerprint density at radius 3 is 2.67 bits per heavy atom. The monoisotopic (exact) mass is 275 g/mol. The average molecular weight is 275 g/mol. The summed E-state index contributed by atoms with van der Waals surface area (Å²) in [5.41, 5.74) is 4.03. The number of fused-ring (bicyclic) bond motifs is 2. The van der Waals surface area contributed by atoms with Crippen LogP contribution >= 0.6 is 0 Å². The van der Waals surface area contributed by atoms with E-state index in [1.807, 2.05) is 18.3 Å². The molecule has 4 nitrogen and oxygen atoms in total. The zero-order valence-corrected chi connectivity index (χ0v) is 11.5. The van der Waals surface area contributed by atoms with Gasteiger partial charge in [-0.1, -0.05) is 18.2 Å². The second kappa shape index (κ2) is 4.59. The van der Waals surface area contributed by atoms with E-state index in [9.17, 15) is 0 Å². The molecule has 0 spiro atoms. The Morgan fingerprint density at radius 1 is 0.905 bits per heavy atom. The summed E-state index contributed by atoms with van der Waals surface area (Å²) in [7, 11) is 1.68.